The molecule has 0 radical (unpaired) electrons. The van der Waals surface area contributed by atoms with Crippen LogP contribution in [0.1, 0.15) is 23.3 Å². The predicted molar refractivity (Wildman–Crippen MR) is 118 cm³/mol. The highest BCUT2D eigenvalue weighted by Gasteiger charge is 2.24. The normalized spacial score (nSPS) is 15.0. The van der Waals surface area contributed by atoms with E-state index in [0.717, 1.165) is 44.6 Å². The molecule has 2 aromatic carbocycles. The number of hydrogen-bond acceptors (Lipinski definition) is 6. The monoisotopic (exact) mass is 457 g/mol. The maximum Gasteiger partial charge on any atom is 0.271 e. The van der Waals surface area contributed by atoms with Crippen molar-refractivity contribution < 1.29 is 27.8 Å². The minimum atomic E-state index is -0.873. The molecule has 33 heavy (non-hydrogen) atoms. The van der Waals surface area contributed by atoms with Crippen LogP contribution < -0.4 is 10.5 Å². The SMILES string of the molecule is NC(=O)c1nc(-c2c(F)cccc2F)oc1-c1ccc(OCCN2CCC(CO)CC2)cc1. The van der Waals surface area contributed by atoms with Crippen LogP contribution in [0.5, 0.6) is 5.75 Å². The van der Waals surface area contributed by atoms with E-state index in [9.17, 15) is 18.7 Å². The second-order valence-electron chi connectivity index (χ2n) is 8.00. The van der Waals surface area contributed by atoms with Crippen LogP contribution in [-0.2, 0) is 0 Å². The van der Waals surface area contributed by atoms with Crippen LogP contribution in [0.4, 0.5) is 8.78 Å². The number of rotatable bonds is 8. The van der Waals surface area contributed by atoms with E-state index in [4.69, 9.17) is 14.9 Å². The number of nitrogens with two attached hydrogens (primary N) is 1. The van der Waals surface area contributed by atoms with Crippen molar-refractivity contribution in [3.05, 3.63) is 59.8 Å². The first kappa shape index (κ1) is 22.9. The number of halogens is 2. The van der Waals surface area contributed by atoms with Gasteiger partial charge in [-0.2, -0.15) is 0 Å². The van der Waals surface area contributed by atoms with Gasteiger partial charge in [0.25, 0.3) is 5.91 Å². The van der Waals surface area contributed by atoms with Gasteiger partial charge in [-0.1, -0.05) is 6.07 Å². The number of primary amides is 1. The van der Waals surface area contributed by atoms with Crippen molar-refractivity contribution in [2.45, 2.75) is 12.8 Å². The van der Waals surface area contributed by atoms with Crippen molar-refractivity contribution in [1.82, 2.24) is 9.88 Å². The molecule has 0 spiro atoms. The van der Waals surface area contributed by atoms with Crippen molar-refractivity contribution in [1.29, 1.82) is 0 Å². The van der Waals surface area contributed by atoms with Gasteiger partial charge in [0.15, 0.2) is 11.5 Å². The number of hydrogen-bond donors (Lipinski definition) is 2. The molecule has 1 aliphatic heterocycles. The first-order chi connectivity index (χ1) is 16.0. The molecule has 1 aromatic heterocycles. The number of carbonyl (C=O) groups excluding carboxylic acids is 1. The summed E-state index contributed by atoms with van der Waals surface area (Å²) in [4.78, 5) is 18.1. The Bertz CT molecular complexity index is 1090. The Morgan fingerprint density at radius 1 is 1.15 bits per heavy atom. The zero-order valence-corrected chi connectivity index (χ0v) is 18.0. The second kappa shape index (κ2) is 10.1. The number of benzene rings is 2. The lowest BCUT2D eigenvalue weighted by atomic mass is 9.98. The van der Waals surface area contributed by atoms with E-state index in [0.29, 0.717) is 23.8 Å². The zero-order valence-electron chi connectivity index (χ0n) is 18.0. The van der Waals surface area contributed by atoms with Gasteiger partial charge in [-0.25, -0.2) is 13.8 Å². The van der Waals surface area contributed by atoms with Crippen molar-refractivity contribution in [2.75, 3.05) is 32.8 Å². The first-order valence-corrected chi connectivity index (χ1v) is 10.8. The fourth-order valence-electron chi connectivity index (χ4n) is 3.88. The Kier molecular flexibility index (Phi) is 7.00. The van der Waals surface area contributed by atoms with Crippen LogP contribution in [0.2, 0.25) is 0 Å². The van der Waals surface area contributed by atoms with Gasteiger partial charge in [-0.05, 0) is 68.2 Å². The maximum absolute atomic E-state index is 14.1. The number of aliphatic hydroxyl groups excluding tert-OH is 1. The Morgan fingerprint density at radius 3 is 2.42 bits per heavy atom. The largest absolute Gasteiger partial charge is 0.492 e. The highest BCUT2D eigenvalue weighted by atomic mass is 19.1. The standard InChI is InChI=1S/C24H25F2N3O4/c25-18-2-1-3-19(26)20(18)24-28-21(23(27)31)22(33-24)16-4-6-17(7-5-16)32-13-12-29-10-8-15(14-30)9-11-29/h1-7,15,30H,8-14H2,(H2,27,31). The molecule has 0 bridgehead atoms. The Balaban J connectivity index is 1.45. The number of piperidine rings is 1. The molecule has 7 nitrogen and oxygen atoms in total. The molecule has 0 atom stereocenters. The molecular formula is C24H25F2N3O4. The summed E-state index contributed by atoms with van der Waals surface area (Å²) < 4.78 is 39.7. The van der Waals surface area contributed by atoms with E-state index in [1.165, 1.54) is 6.07 Å². The molecule has 3 N–H and O–H groups in total. The van der Waals surface area contributed by atoms with E-state index >= 15 is 0 Å². The van der Waals surface area contributed by atoms with Crippen LogP contribution in [0.25, 0.3) is 22.8 Å². The molecule has 1 amide bonds. The number of carbonyl (C=O) groups is 1. The predicted octanol–water partition coefficient (Wildman–Crippen LogP) is 3.47. The number of nitrogens with zero attached hydrogens (tertiary/aromatic N) is 2. The van der Waals surface area contributed by atoms with E-state index in [1.807, 2.05) is 0 Å². The molecule has 1 aliphatic rings. The average molecular weight is 457 g/mol. The highest BCUT2D eigenvalue weighted by Crippen LogP contribution is 2.33. The third-order valence-electron chi connectivity index (χ3n) is 5.80. The smallest absolute Gasteiger partial charge is 0.271 e. The summed E-state index contributed by atoms with van der Waals surface area (Å²) >= 11 is 0. The van der Waals surface area contributed by atoms with Crippen molar-refractivity contribution in [2.24, 2.45) is 11.7 Å². The molecule has 3 aromatic rings. The van der Waals surface area contributed by atoms with Gasteiger partial charge >= 0.3 is 0 Å². The fraction of sp³-hybridized carbons (Fsp3) is 0.333. The molecule has 0 saturated carbocycles. The summed E-state index contributed by atoms with van der Waals surface area (Å²) in [5.41, 5.74) is 5.20. The first-order valence-electron chi connectivity index (χ1n) is 10.8. The van der Waals surface area contributed by atoms with Crippen molar-refractivity contribution >= 4 is 5.91 Å². The fourth-order valence-corrected chi connectivity index (χ4v) is 3.88. The van der Waals surface area contributed by atoms with Crippen LogP contribution in [0, 0.1) is 17.6 Å². The maximum atomic E-state index is 14.1. The van der Waals surface area contributed by atoms with E-state index in [-0.39, 0.29) is 24.0 Å². The molecule has 1 saturated heterocycles. The molecule has 174 valence electrons. The molecule has 0 unspecified atom stereocenters. The molecule has 2 heterocycles. The lowest BCUT2D eigenvalue weighted by molar-refractivity contribution is 0.0996. The topological polar surface area (TPSA) is 102 Å². The van der Waals surface area contributed by atoms with Gasteiger partial charge in [0.1, 0.15) is 29.6 Å². The van der Waals surface area contributed by atoms with Crippen LogP contribution in [-0.4, -0.2) is 53.7 Å². The summed E-state index contributed by atoms with van der Waals surface area (Å²) in [5.74, 6) is -1.90. The minimum Gasteiger partial charge on any atom is -0.492 e. The number of oxazole rings is 1. The molecule has 0 aliphatic carbocycles. The van der Waals surface area contributed by atoms with E-state index < -0.39 is 23.1 Å². The van der Waals surface area contributed by atoms with Crippen LogP contribution in [0.3, 0.4) is 0 Å². The van der Waals surface area contributed by atoms with Gasteiger partial charge in [0, 0.05) is 18.7 Å². The number of amides is 1. The summed E-state index contributed by atoms with van der Waals surface area (Å²) in [6, 6.07) is 10.1. The zero-order chi connectivity index (χ0) is 23.4. The van der Waals surface area contributed by atoms with E-state index in [1.54, 1.807) is 24.3 Å². The summed E-state index contributed by atoms with van der Waals surface area (Å²) in [6.45, 7) is 3.43. The minimum absolute atomic E-state index is 0.0263. The molecule has 1 fully saturated rings. The van der Waals surface area contributed by atoms with Gasteiger partial charge in [0.2, 0.25) is 5.89 Å². The van der Waals surface area contributed by atoms with Crippen LogP contribution >= 0.6 is 0 Å². The van der Waals surface area contributed by atoms with Crippen molar-refractivity contribution in [3.63, 3.8) is 0 Å². The molecule has 4 rings (SSSR count). The lowest BCUT2D eigenvalue weighted by Gasteiger charge is -2.30. The lowest BCUT2D eigenvalue weighted by Crippen LogP contribution is -2.37. The average Bonchev–Trinajstić information content (AvgIpc) is 3.25. The van der Waals surface area contributed by atoms with Gasteiger partial charge < -0.3 is 20.0 Å². The Hall–Kier alpha value is -3.30. The molecule has 9 heteroatoms. The third-order valence-corrected chi connectivity index (χ3v) is 5.80. The third kappa shape index (κ3) is 5.20. The summed E-state index contributed by atoms with van der Waals surface area (Å²) in [7, 11) is 0. The number of aromatic nitrogens is 1. The quantitative estimate of drug-likeness (QED) is 0.537. The number of ether oxygens (including phenoxy) is 1. The second-order valence-corrected chi connectivity index (χ2v) is 8.00. The summed E-state index contributed by atoms with van der Waals surface area (Å²) in [6.07, 6.45) is 1.98. The van der Waals surface area contributed by atoms with Crippen molar-refractivity contribution in [3.8, 4) is 28.5 Å². The Labute approximate surface area is 189 Å². The Morgan fingerprint density at radius 2 is 1.82 bits per heavy atom. The number of aliphatic hydroxyl groups is 1. The van der Waals surface area contributed by atoms with E-state index in [2.05, 4.69) is 9.88 Å². The van der Waals surface area contributed by atoms with Gasteiger partial charge in [0.05, 0.1) is 0 Å². The molecular weight excluding hydrogens is 432 g/mol. The van der Waals surface area contributed by atoms with Crippen LogP contribution in [0.15, 0.2) is 46.9 Å². The summed E-state index contributed by atoms with van der Waals surface area (Å²) in [5, 5.41) is 9.23. The highest BCUT2D eigenvalue weighted by molar-refractivity contribution is 5.97. The number of likely N-dealkylation sites (tertiary alicyclic amines) is 1. The van der Waals surface area contributed by atoms with Gasteiger partial charge in [-0.3, -0.25) is 9.69 Å². The van der Waals surface area contributed by atoms with Gasteiger partial charge in [-0.15, -0.1) is 0 Å².